The van der Waals surface area contributed by atoms with Crippen LogP contribution in [0, 0.1) is 11.3 Å². The maximum atomic E-state index is 12.3. The van der Waals surface area contributed by atoms with Crippen molar-refractivity contribution in [3.8, 4) is 5.88 Å². The third-order valence-electron chi connectivity index (χ3n) is 4.63. The molecule has 4 rings (SSSR count). The van der Waals surface area contributed by atoms with Crippen LogP contribution in [0.4, 0.5) is 13.2 Å². The van der Waals surface area contributed by atoms with Gasteiger partial charge in [0, 0.05) is 0 Å². The normalized spacial score (nSPS) is 39.2. The lowest BCUT2D eigenvalue weighted by molar-refractivity contribution is -0.141. The predicted octanol–water partition coefficient (Wildman–Crippen LogP) is 1.62. The molecule has 19 heavy (non-hydrogen) atoms. The van der Waals surface area contributed by atoms with Crippen LogP contribution >= 0.6 is 0 Å². The number of nitrogens with zero attached hydrogens (tertiary/aromatic N) is 2. The highest BCUT2D eigenvalue weighted by molar-refractivity contribution is 5.26. The maximum Gasteiger partial charge on any atom is 0.434 e. The lowest BCUT2D eigenvalue weighted by atomic mass is 9.73. The minimum atomic E-state index is -4.46. The van der Waals surface area contributed by atoms with Crippen LogP contribution in [0.3, 0.4) is 0 Å². The molecular weight excluding hydrogens is 259 g/mol. The van der Waals surface area contributed by atoms with Crippen molar-refractivity contribution in [2.24, 2.45) is 11.3 Å². The Morgan fingerprint density at radius 3 is 2.68 bits per heavy atom. The van der Waals surface area contributed by atoms with Gasteiger partial charge < -0.3 is 10.1 Å². The molecule has 2 heterocycles. The number of aromatic nitrogens is 2. The number of nitrogens with one attached hydrogen (secondary N) is 1. The summed E-state index contributed by atoms with van der Waals surface area (Å²) >= 11 is 0. The smallest absolute Gasteiger partial charge is 0.434 e. The molecule has 2 aliphatic carbocycles. The van der Waals surface area contributed by atoms with Crippen LogP contribution in [0.15, 0.2) is 12.4 Å². The van der Waals surface area contributed by atoms with Crippen LogP contribution in [0.2, 0.25) is 0 Å². The van der Waals surface area contributed by atoms with E-state index in [2.05, 4.69) is 15.3 Å². The summed E-state index contributed by atoms with van der Waals surface area (Å²) in [7, 11) is 0. The van der Waals surface area contributed by atoms with Crippen molar-refractivity contribution in [2.45, 2.75) is 31.2 Å². The van der Waals surface area contributed by atoms with Crippen molar-refractivity contribution in [2.75, 3.05) is 6.54 Å². The van der Waals surface area contributed by atoms with Crippen molar-refractivity contribution in [3.63, 3.8) is 0 Å². The molecule has 102 valence electrons. The summed E-state index contributed by atoms with van der Waals surface area (Å²) in [5.74, 6) is 0.940. The van der Waals surface area contributed by atoms with Gasteiger partial charge >= 0.3 is 6.18 Å². The molecule has 0 bridgehead atoms. The van der Waals surface area contributed by atoms with Gasteiger partial charge in [-0.15, -0.1) is 0 Å². The molecule has 1 aliphatic heterocycles. The van der Waals surface area contributed by atoms with Gasteiger partial charge in [-0.3, -0.25) is 0 Å². The lowest BCUT2D eigenvalue weighted by Crippen LogP contribution is -2.56. The molecule has 4 atom stereocenters. The maximum absolute atomic E-state index is 12.3. The number of hydrogen-bond acceptors (Lipinski definition) is 4. The van der Waals surface area contributed by atoms with E-state index < -0.39 is 11.9 Å². The number of ether oxygens (including phenoxy) is 1. The summed E-state index contributed by atoms with van der Waals surface area (Å²) in [6.45, 7) is 1.03. The number of rotatable bonds is 2. The zero-order chi connectivity index (χ0) is 13.3. The first-order valence-corrected chi connectivity index (χ1v) is 6.28. The fraction of sp³-hybridized carbons (Fsp3) is 0.667. The molecule has 1 saturated heterocycles. The highest BCUT2D eigenvalue weighted by atomic mass is 19.4. The van der Waals surface area contributed by atoms with Gasteiger partial charge in [0.2, 0.25) is 5.88 Å². The van der Waals surface area contributed by atoms with E-state index in [1.807, 2.05) is 0 Å². The highest BCUT2D eigenvalue weighted by Crippen LogP contribution is 2.68. The fourth-order valence-corrected chi connectivity index (χ4v) is 3.53. The van der Waals surface area contributed by atoms with Crippen LogP contribution in [0.1, 0.15) is 18.5 Å². The molecule has 0 aromatic carbocycles. The van der Waals surface area contributed by atoms with E-state index in [4.69, 9.17) is 4.74 Å². The second kappa shape index (κ2) is 3.39. The summed E-state index contributed by atoms with van der Waals surface area (Å²) in [6.07, 6.45) is -0.459. The Bertz CT molecular complexity index is 516. The zero-order valence-corrected chi connectivity index (χ0v) is 9.94. The first-order chi connectivity index (χ1) is 8.99. The Labute approximate surface area is 107 Å². The second-order valence-electron chi connectivity index (χ2n) is 5.62. The molecule has 0 amide bonds. The topological polar surface area (TPSA) is 47.0 Å². The Morgan fingerprint density at radius 2 is 2.11 bits per heavy atom. The Kier molecular flexibility index (Phi) is 2.04. The summed E-state index contributed by atoms with van der Waals surface area (Å²) in [5.41, 5.74) is -0.574. The molecule has 1 aromatic heterocycles. The van der Waals surface area contributed by atoms with E-state index >= 15 is 0 Å². The van der Waals surface area contributed by atoms with Crippen molar-refractivity contribution in [1.82, 2.24) is 15.3 Å². The van der Waals surface area contributed by atoms with Crippen molar-refractivity contribution in [3.05, 3.63) is 18.1 Å². The average molecular weight is 271 g/mol. The van der Waals surface area contributed by atoms with E-state index in [1.54, 1.807) is 0 Å². The van der Waals surface area contributed by atoms with E-state index in [0.29, 0.717) is 17.7 Å². The summed E-state index contributed by atoms with van der Waals surface area (Å²) in [6, 6.07) is 0.335. The third-order valence-corrected chi connectivity index (χ3v) is 4.63. The van der Waals surface area contributed by atoms with E-state index in [0.717, 1.165) is 25.1 Å². The molecule has 2 saturated carbocycles. The summed E-state index contributed by atoms with van der Waals surface area (Å²) < 4.78 is 42.6. The van der Waals surface area contributed by atoms with Crippen LogP contribution in [0.5, 0.6) is 5.88 Å². The Balaban J connectivity index is 1.44. The third kappa shape index (κ3) is 1.57. The summed E-state index contributed by atoms with van der Waals surface area (Å²) in [5, 5.41) is 3.40. The zero-order valence-electron chi connectivity index (χ0n) is 9.94. The van der Waals surface area contributed by atoms with Gasteiger partial charge in [0.05, 0.1) is 18.4 Å². The Morgan fingerprint density at radius 1 is 1.26 bits per heavy atom. The standard InChI is InChI=1S/C12H12F3N3O/c13-12(14,15)8-4-17-9(5-16-8)19-7-2-11-1-6(11)3-18-10(7)11/h4-7,10,18H,1-3H2. The van der Waals surface area contributed by atoms with E-state index in [9.17, 15) is 13.2 Å². The van der Waals surface area contributed by atoms with E-state index in [-0.39, 0.29) is 12.0 Å². The predicted molar refractivity (Wildman–Crippen MR) is 58.4 cm³/mol. The minimum absolute atomic E-state index is 0.0125. The highest BCUT2D eigenvalue weighted by Gasteiger charge is 2.72. The number of halogens is 3. The first-order valence-electron chi connectivity index (χ1n) is 6.28. The molecule has 3 fully saturated rings. The van der Waals surface area contributed by atoms with Crippen molar-refractivity contribution < 1.29 is 17.9 Å². The van der Waals surface area contributed by atoms with Gasteiger partial charge in [-0.1, -0.05) is 0 Å². The van der Waals surface area contributed by atoms with Crippen LogP contribution in [-0.2, 0) is 6.18 Å². The molecule has 3 aliphatic rings. The second-order valence-corrected chi connectivity index (χ2v) is 5.62. The molecule has 1 aromatic rings. The SMILES string of the molecule is FC(F)(F)c1cnc(OC2CC34CC3CNC24)cn1. The van der Waals surface area contributed by atoms with Gasteiger partial charge in [-0.05, 0) is 30.7 Å². The molecule has 4 unspecified atom stereocenters. The molecule has 1 N–H and O–H groups in total. The van der Waals surface area contributed by atoms with Gasteiger partial charge in [0.25, 0.3) is 0 Å². The summed E-state index contributed by atoms with van der Waals surface area (Å²) in [4.78, 5) is 7.03. The van der Waals surface area contributed by atoms with Crippen LogP contribution in [-0.4, -0.2) is 28.7 Å². The van der Waals surface area contributed by atoms with Gasteiger partial charge in [0.1, 0.15) is 6.10 Å². The van der Waals surface area contributed by atoms with Gasteiger partial charge in [0.15, 0.2) is 5.69 Å². The average Bonchev–Trinajstić information content (AvgIpc) is 2.98. The first kappa shape index (κ1) is 11.5. The van der Waals surface area contributed by atoms with Crippen molar-refractivity contribution in [1.29, 1.82) is 0 Å². The van der Waals surface area contributed by atoms with Crippen LogP contribution < -0.4 is 10.1 Å². The lowest BCUT2D eigenvalue weighted by Gasteiger charge is -2.42. The van der Waals surface area contributed by atoms with Crippen molar-refractivity contribution >= 4 is 0 Å². The van der Waals surface area contributed by atoms with Gasteiger partial charge in [-0.25, -0.2) is 9.97 Å². The molecule has 1 spiro atoms. The fourth-order valence-electron chi connectivity index (χ4n) is 3.53. The van der Waals surface area contributed by atoms with Gasteiger partial charge in [-0.2, -0.15) is 13.2 Å². The molecule has 7 heteroatoms. The van der Waals surface area contributed by atoms with Crippen LogP contribution in [0.25, 0.3) is 0 Å². The number of alkyl halides is 3. The number of hydrogen-bond donors (Lipinski definition) is 1. The largest absolute Gasteiger partial charge is 0.472 e. The monoisotopic (exact) mass is 271 g/mol. The minimum Gasteiger partial charge on any atom is -0.472 e. The molecular formula is C12H12F3N3O. The molecule has 0 radical (unpaired) electrons. The van der Waals surface area contributed by atoms with E-state index in [1.165, 1.54) is 6.42 Å². The number of piperidine rings is 1. The molecule has 4 nitrogen and oxygen atoms in total. The quantitative estimate of drug-likeness (QED) is 0.888. The Hall–Kier alpha value is -1.37.